The Labute approximate surface area is 163 Å². The number of nitrogens with two attached hydrogens (primary N) is 1. The molecule has 0 spiro atoms. The summed E-state index contributed by atoms with van der Waals surface area (Å²) in [6.45, 7) is 5.55. The molecule has 8 heteroatoms. The van der Waals surface area contributed by atoms with Crippen LogP contribution in [-0.2, 0) is 0 Å². The van der Waals surface area contributed by atoms with E-state index in [1.165, 1.54) is 11.3 Å². The van der Waals surface area contributed by atoms with Gasteiger partial charge in [0.1, 0.15) is 9.88 Å². The molecule has 1 aliphatic heterocycles. The second-order valence-electron chi connectivity index (χ2n) is 5.92. The SMILES string of the molecule is Cc1nc(-c2cccs2)sc1C(=O)N1CCCC(C(C)N)C1.Cl.Cl. The Balaban J connectivity index is 0.00000144. The van der Waals surface area contributed by atoms with Gasteiger partial charge in [0.25, 0.3) is 5.91 Å². The van der Waals surface area contributed by atoms with Crippen molar-refractivity contribution in [1.29, 1.82) is 0 Å². The average Bonchev–Trinajstić information content (AvgIpc) is 3.16. The second kappa shape index (κ2) is 9.15. The molecule has 2 unspecified atom stereocenters. The van der Waals surface area contributed by atoms with Gasteiger partial charge in [-0.15, -0.1) is 47.5 Å². The summed E-state index contributed by atoms with van der Waals surface area (Å²) in [6, 6.07) is 4.19. The quantitative estimate of drug-likeness (QED) is 0.827. The van der Waals surface area contributed by atoms with Gasteiger partial charge >= 0.3 is 0 Å². The lowest BCUT2D eigenvalue weighted by Crippen LogP contribution is -2.45. The van der Waals surface area contributed by atoms with Crippen LogP contribution < -0.4 is 5.73 Å². The zero-order chi connectivity index (χ0) is 15.7. The molecule has 2 N–H and O–H groups in total. The third kappa shape index (κ3) is 4.49. The van der Waals surface area contributed by atoms with E-state index in [4.69, 9.17) is 5.73 Å². The summed E-state index contributed by atoms with van der Waals surface area (Å²) in [5.74, 6) is 0.519. The number of likely N-dealkylation sites (tertiary alicyclic amines) is 1. The summed E-state index contributed by atoms with van der Waals surface area (Å²) in [5, 5.41) is 2.97. The van der Waals surface area contributed by atoms with Gasteiger partial charge in [0.15, 0.2) is 0 Å². The fourth-order valence-corrected chi connectivity index (χ4v) is 4.70. The Morgan fingerprint density at radius 1 is 1.46 bits per heavy atom. The molecule has 1 amide bonds. The molecule has 1 saturated heterocycles. The van der Waals surface area contributed by atoms with Crippen LogP contribution in [0.3, 0.4) is 0 Å². The molecule has 0 saturated carbocycles. The molecule has 24 heavy (non-hydrogen) atoms. The van der Waals surface area contributed by atoms with Crippen LogP contribution in [0, 0.1) is 12.8 Å². The zero-order valence-corrected chi connectivity index (χ0v) is 17.0. The number of amides is 1. The van der Waals surface area contributed by atoms with Gasteiger partial charge in [-0.05, 0) is 44.1 Å². The maximum atomic E-state index is 12.8. The number of thiophene rings is 1. The highest BCUT2D eigenvalue weighted by molar-refractivity contribution is 7.22. The van der Waals surface area contributed by atoms with Crippen molar-refractivity contribution in [3.8, 4) is 9.88 Å². The molecular weight excluding hydrogens is 385 g/mol. The Hall–Kier alpha value is -0.660. The third-order valence-corrected chi connectivity index (χ3v) is 6.40. The number of thiazole rings is 1. The minimum absolute atomic E-state index is 0. The molecule has 0 bridgehead atoms. The van der Waals surface area contributed by atoms with Gasteiger partial charge < -0.3 is 10.6 Å². The summed E-state index contributed by atoms with van der Waals surface area (Å²) in [6.07, 6.45) is 2.15. The van der Waals surface area contributed by atoms with E-state index in [-0.39, 0.29) is 36.8 Å². The lowest BCUT2D eigenvalue weighted by atomic mass is 9.92. The number of aryl methyl sites for hydroxylation is 1. The van der Waals surface area contributed by atoms with Crippen LogP contribution in [-0.4, -0.2) is 34.9 Å². The standard InChI is InChI=1S/C16H21N3OS2.2ClH/c1-10(17)12-5-3-7-19(9-12)16(20)14-11(2)18-15(22-14)13-6-4-8-21-13;;/h4,6,8,10,12H,3,5,7,9,17H2,1-2H3;2*1H. The molecule has 2 aromatic rings. The minimum Gasteiger partial charge on any atom is -0.338 e. The van der Waals surface area contributed by atoms with E-state index in [1.807, 2.05) is 36.3 Å². The van der Waals surface area contributed by atoms with Crippen molar-refractivity contribution >= 4 is 53.4 Å². The Kier molecular flexibility index (Phi) is 8.15. The van der Waals surface area contributed by atoms with Crippen LogP contribution >= 0.6 is 47.5 Å². The molecule has 3 rings (SSSR count). The molecule has 2 aromatic heterocycles. The number of rotatable bonds is 3. The van der Waals surface area contributed by atoms with E-state index in [1.54, 1.807) is 11.3 Å². The van der Waals surface area contributed by atoms with Crippen LogP contribution in [0.2, 0.25) is 0 Å². The molecule has 1 fully saturated rings. The number of halogens is 2. The number of hydrogen-bond donors (Lipinski definition) is 1. The predicted molar refractivity (Wildman–Crippen MR) is 107 cm³/mol. The van der Waals surface area contributed by atoms with E-state index in [9.17, 15) is 4.79 Å². The first-order valence-corrected chi connectivity index (χ1v) is 9.32. The summed E-state index contributed by atoms with van der Waals surface area (Å²) in [5.41, 5.74) is 6.85. The molecule has 0 aromatic carbocycles. The highest BCUT2D eigenvalue weighted by Gasteiger charge is 2.28. The average molecular weight is 408 g/mol. The van der Waals surface area contributed by atoms with Gasteiger partial charge in [0.2, 0.25) is 0 Å². The number of nitrogens with zero attached hydrogens (tertiary/aromatic N) is 2. The fraction of sp³-hybridized carbons (Fsp3) is 0.500. The maximum absolute atomic E-state index is 12.8. The summed E-state index contributed by atoms with van der Waals surface area (Å²) in [7, 11) is 0. The molecule has 1 aliphatic rings. The highest BCUT2D eigenvalue weighted by atomic mass is 35.5. The lowest BCUT2D eigenvalue weighted by Gasteiger charge is -2.34. The third-order valence-electron chi connectivity index (χ3n) is 4.21. The predicted octanol–water partition coefficient (Wildman–Crippen LogP) is 4.22. The normalized spacial score (nSPS) is 18.5. The molecule has 0 radical (unpaired) electrons. The smallest absolute Gasteiger partial charge is 0.265 e. The number of carbonyl (C=O) groups excluding carboxylic acids is 1. The lowest BCUT2D eigenvalue weighted by molar-refractivity contribution is 0.0665. The fourth-order valence-electron chi connectivity index (χ4n) is 2.87. The molecular formula is C16H23Cl2N3OS2. The molecule has 2 atom stereocenters. The van der Waals surface area contributed by atoms with Gasteiger partial charge in [0, 0.05) is 19.1 Å². The van der Waals surface area contributed by atoms with Crippen molar-refractivity contribution in [1.82, 2.24) is 9.88 Å². The first-order valence-electron chi connectivity index (χ1n) is 7.62. The van der Waals surface area contributed by atoms with E-state index >= 15 is 0 Å². The highest BCUT2D eigenvalue weighted by Crippen LogP contribution is 2.32. The van der Waals surface area contributed by atoms with Crippen LogP contribution in [0.15, 0.2) is 17.5 Å². The van der Waals surface area contributed by atoms with Gasteiger partial charge in [-0.2, -0.15) is 0 Å². The number of aromatic nitrogens is 1. The van der Waals surface area contributed by atoms with Crippen molar-refractivity contribution in [2.24, 2.45) is 11.7 Å². The largest absolute Gasteiger partial charge is 0.338 e. The van der Waals surface area contributed by atoms with Crippen molar-refractivity contribution < 1.29 is 4.79 Å². The first-order chi connectivity index (χ1) is 10.6. The summed E-state index contributed by atoms with van der Waals surface area (Å²) >= 11 is 3.16. The monoisotopic (exact) mass is 407 g/mol. The summed E-state index contributed by atoms with van der Waals surface area (Å²) < 4.78 is 0. The zero-order valence-electron chi connectivity index (χ0n) is 13.7. The Morgan fingerprint density at radius 3 is 2.83 bits per heavy atom. The Morgan fingerprint density at radius 2 is 2.21 bits per heavy atom. The van der Waals surface area contributed by atoms with E-state index < -0.39 is 0 Å². The van der Waals surface area contributed by atoms with Crippen LogP contribution in [0.4, 0.5) is 0 Å². The van der Waals surface area contributed by atoms with Crippen LogP contribution in [0.5, 0.6) is 0 Å². The molecule has 134 valence electrons. The van der Waals surface area contributed by atoms with E-state index in [0.717, 1.165) is 46.4 Å². The molecule has 0 aliphatic carbocycles. The minimum atomic E-state index is 0. The number of carbonyl (C=O) groups is 1. The van der Waals surface area contributed by atoms with Gasteiger partial charge in [-0.3, -0.25) is 4.79 Å². The molecule has 4 nitrogen and oxygen atoms in total. The van der Waals surface area contributed by atoms with Crippen molar-refractivity contribution in [2.75, 3.05) is 13.1 Å². The number of piperidine rings is 1. The van der Waals surface area contributed by atoms with Crippen LogP contribution in [0.1, 0.15) is 35.1 Å². The summed E-state index contributed by atoms with van der Waals surface area (Å²) in [4.78, 5) is 21.3. The maximum Gasteiger partial charge on any atom is 0.265 e. The van der Waals surface area contributed by atoms with Crippen molar-refractivity contribution in [2.45, 2.75) is 32.7 Å². The van der Waals surface area contributed by atoms with Crippen molar-refractivity contribution in [3.05, 3.63) is 28.1 Å². The van der Waals surface area contributed by atoms with Gasteiger partial charge in [-0.1, -0.05) is 6.07 Å². The van der Waals surface area contributed by atoms with Gasteiger partial charge in [0.05, 0.1) is 10.6 Å². The first kappa shape index (κ1) is 21.4. The second-order valence-corrected chi connectivity index (χ2v) is 7.87. The van der Waals surface area contributed by atoms with E-state index in [2.05, 4.69) is 4.98 Å². The van der Waals surface area contributed by atoms with Crippen molar-refractivity contribution in [3.63, 3.8) is 0 Å². The topological polar surface area (TPSA) is 59.2 Å². The molecule has 3 heterocycles. The number of hydrogen-bond acceptors (Lipinski definition) is 5. The van der Waals surface area contributed by atoms with Gasteiger partial charge in [-0.25, -0.2) is 4.98 Å². The van der Waals surface area contributed by atoms with Crippen LogP contribution in [0.25, 0.3) is 9.88 Å². The van der Waals surface area contributed by atoms with E-state index in [0.29, 0.717) is 5.92 Å². The Bertz CT molecular complexity index is 658.